The van der Waals surface area contributed by atoms with E-state index in [-0.39, 0.29) is 12.5 Å². The molecule has 1 rings (SSSR count). The van der Waals surface area contributed by atoms with Gasteiger partial charge in [0.1, 0.15) is 12.4 Å². The normalized spacial score (nSPS) is 9.57. The Bertz CT molecular complexity index is 315. The van der Waals surface area contributed by atoms with Crippen LogP contribution < -0.4 is 10.1 Å². The molecule has 0 fully saturated rings. The third-order valence-corrected chi connectivity index (χ3v) is 1.73. The molecule has 0 aromatic heterocycles. The van der Waals surface area contributed by atoms with Gasteiger partial charge in [-0.1, -0.05) is 12.1 Å². The van der Waals surface area contributed by atoms with Gasteiger partial charge in [-0.3, -0.25) is 4.79 Å². The number of rotatable bonds is 4. The topological polar surface area (TPSA) is 38.3 Å². The number of hydrogen-bond donors (Lipinski definition) is 1. The number of amides is 1. The van der Waals surface area contributed by atoms with Crippen LogP contribution in [-0.2, 0) is 0 Å². The van der Waals surface area contributed by atoms with Crippen LogP contribution in [0.3, 0.4) is 0 Å². The highest BCUT2D eigenvalue weighted by atomic mass is 19.1. The van der Waals surface area contributed by atoms with Crippen LogP contribution in [0.4, 0.5) is 4.39 Å². The Morgan fingerprint density at radius 3 is 2.86 bits per heavy atom. The first kappa shape index (κ1) is 10.5. The van der Waals surface area contributed by atoms with Crippen molar-refractivity contribution in [2.45, 2.75) is 0 Å². The third kappa shape index (κ3) is 2.45. The van der Waals surface area contributed by atoms with Crippen molar-refractivity contribution in [2.24, 2.45) is 0 Å². The minimum atomic E-state index is -0.569. The zero-order valence-corrected chi connectivity index (χ0v) is 7.92. The minimum absolute atomic E-state index is 0.0247. The van der Waals surface area contributed by atoms with Crippen LogP contribution in [0.15, 0.2) is 24.3 Å². The smallest absolute Gasteiger partial charge is 0.255 e. The SMILES string of the molecule is COc1ccccc1C(=O)NCCF. The molecule has 1 aromatic rings. The number of nitrogens with one attached hydrogen (secondary N) is 1. The summed E-state index contributed by atoms with van der Waals surface area (Å²) in [6, 6.07) is 6.81. The van der Waals surface area contributed by atoms with E-state index in [2.05, 4.69) is 5.32 Å². The first-order chi connectivity index (χ1) is 6.79. The summed E-state index contributed by atoms with van der Waals surface area (Å²) in [5.41, 5.74) is 0.420. The van der Waals surface area contributed by atoms with Crippen LogP contribution >= 0.6 is 0 Å². The van der Waals surface area contributed by atoms with Crippen molar-refractivity contribution in [2.75, 3.05) is 20.3 Å². The highest BCUT2D eigenvalue weighted by Gasteiger charge is 2.09. The molecule has 14 heavy (non-hydrogen) atoms. The first-order valence-corrected chi connectivity index (χ1v) is 4.26. The van der Waals surface area contributed by atoms with Gasteiger partial charge < -0.3 is 10.1 Å². The molecule has 0 aliphatic heterocycles. The number of carbonyl (C=O) groups is 1. The number of para-hydroxylation sites is 1. The Balaban J connectivity index is 2.78. The number of benzene rings is 1. The van der Waals surface area contributed by atoms with E-state index >= 15 is 0 Å². The summed E-state index contributed by atoms with van der Waals surface area (Å²) >= 11 is 0. The lowest BCUT2D eigenvalue weighted by atomic mass is 10.2. The summed E-state index contributed by atoms with van der Waals surface area (Å²) in [4.78, 5) is 11.4. The highest BCUT2D eigenvalue weighted by Crippen LogP contribution is 2.16. The van der Waals surface area contributed by atoms with Crippen molar-refractivity contribution >= 4 is 5.91 Å². The lowest BCUT2D eigenvalue weighted by Crippen LogP contribution is -2.25. The average molecular weight is 197 g/mol. The van der Waals surface area contributed by atoms with Crippen LogP contribution in [0.25, 0.3) is 0 Å². The molecule has 76 valence electrons. The molecule has 1 amide bonds. The zero-order chi connectivity index (χ0) is 10.4. The number of ether oxygens (including phenoxy) is 1. The molecule has 0 radical (unpaired) electrons. The van der Waals surface area contributed by atoms with E-state index in [0.29, 0.717) is 11.3 Å². The number of hydrogen-bond acceptors (Lipinski definition) is 2. The van der Waals surface area contributed by atoms with Gasteiger partial charge in [0.25, 0.3) is 5.91 Å². The van der Waals surface area contributed by atoms with Gasteiger partial charge in [0.15, 0.2) is 0 Å². The molecule has 0 saturated heterocycles. The number of halogens is 1. The van der Waals surface area contributed by atoms with Gasteiger partial charge in [-0.25, -0.2) is 4.39 Å². The van der Waals surface area contributed by atoms with E-state index in [1.54, 1.807) is 24.3 Å². The maximum absolute atomic E-state index is 11.8. The van der Waals surface area contributed by atoms with Gasteiger partial charge in [0.05, 0.1) is 12.7 Å². The van der Waals surface area contributed by atoms with E-state index in [1.807, 2.05) is 0 Å². The molecule has 0 aliphatic carbocycles. The summed E-state index contributed by atoms with van der Waals surface area (Å²) in [5.74, 6) is 0.170. The fourth-order valence-electron chi connectivity index (χ4n) is 1.09. The second-order valence-corrected chi connectivity index (χ2v) is 2.65. The van der Waals surface area contributed by atoms with Crippen LogP contribution in [0, 0.1) is 0 Å². The van der Waals surface area contributed by atoms with Crippen molar-refractivity contribution < 1.29 is 13.9 Å². The molecule has 1 N–H and O–H groups in total. The van der Waals surface area contributed by atoms with Crippen LogP contribution in [0.5, 0.6) is 5.75 Å². The van der Waals surface area contributed by atoms with Gasteiger partial charge in [-0.2, -0.15) is 0 Å². The van der Waals surface area contributed by atoms with Gasteiger partial charge in [-0.15, -0.1) is 0 Å². The summed E-state index contributed by atoms with van der Waals surface area (Å²) in [6.07, 6.45) is 0. The molecular formula is C10H12FNO2. The van der Waals surface area contributed by atoms with Crippen molar-refractivity contribution in [1.82, 2.24) is 5.32 Å². The molecular weight excluding hydrogens is 185 g/mol. The Labute approximate surface area is 81.9 Å². The second kappa shape index (κ2) is 5.21. The Morgan fingerprint density at radius 1 is 1.50 bits per heavy atom. The quantitative estimate of drug-likeness (QED) is 0.792. The number of methoxy groups -OCH3 is 1. The molecule has 3 nitrogen and oxygen atoms in total. The molecule has 0 bridgehead atoms. The Morgan fingerprint density at radius 2 is 2.21 bits per heavy atom. The molecule has 0 spiro atoms. The molecule has 1 aromatic carbocycles. The van der Waals surface area contributed by atoms with Crippen molar-refractivity contribution in [3.05, 3.63) is 29.8 Å². The van der Waals surface area contributed by atoms with E-state index in [9.17, 15) is 9.18 Å². The van der Waals surface area contributed by atoms with Gasteiger partial charge in [-0.05, 0) is 12.1 Å². The highest BCUT2D eigenvalue weighted by molar-refractivity contribution is 5.96. The largest absolute Gasteiger partial charge is 0.496 e. The summed E-state index contributed by atoms with van der Waals surface area (Å²) in [6.45, 7) is -0.544. The maximum atomic E-state index is 11.8. The lowest BCUT2D eigenvalue weighted by molar-refractivity contribution is 0.0948. The molecule has 4 heteroatoms. The maximum Gasteiger partial charge on any atom is 0.255 e. The van der Waals surface area contributed by atoms with E-state index in [1.165, 1.54) is 7.11 Å². The fourth-order valence-corrected chi connectivity index (χ4v) is 1.09. The molecule has 0 atom stereocenters. The van der Waals surface area contributed by atoms with Gasteiger partial charge >= 0.3 is 0 Å². The van der Waals surface area contributed by atoms with Crippen LogP contribution in [0.2, 0.25) is 0 Å². The van der Waals surface area contributed by atoms with Gasteiger partial charge in [0, 0.05) is 6.54 Å². The Hall–Kier alpha value is -1.58. The van der Waals surface area contributed by atoms with E-state index in [0.717, 1.165) is 0 Å². The summed E-state index contributed by atoms with van der Waals surface area (Å²) in [7, 11) is 1.49. The van der Waals surface area contributed by atoms with Crippen molar-refractivity contribution in [1.29, 1.82) is 0 Å². The second-order valence-electron chi connectivity index (χ2n) is 2.65. The third-order valence-electron chi connectivity index (χ3n) is 1.73. The van der Waals surface area contributed by atoms with Crippen molar-refractivity contribution in [3.63, 3.8) is 0 Å². The minimum Gasteiger partial charge on any atom is -0.496 e. The Kier molecular flexibility index (Phi) is 3.91. The molecule has 0 unspecified atom stereocenters. The molecule has 0 heterocycles. The number of alkyl halides is 1. The number of carbonyl (C=O) groups excluding carboxylic acids is 1. The lowest BCUT2D eigenvalue weighted by Gasteiger charge is -2.07. The van der Waals surface area contributed by atoms with Gasteiger partial charge in [0.2, 0.25) is 0 Å². The van der Waals surface area contributed by atoms with E-state index in [4.69, 9.17) is 4.74 Å². The van der Waals surface area contributed by atoms with Crippen LogP contribution in [0.1, 0.15) is 10.4 Å². The zero-order valence-electron chi connectivity index (χ0n) is 7.92. The van der Waals surface area contributed by atoms with Crippen molar-refractivity contribution in [3.8, 4) is 5.75 Å². The summed E-state index contributed by atoms with van der Waals surface area (Å²) in [5, 5.41) is 2.43. The predicted octanol–water partition coefficient (Wildman–Crippen LogP) is 1.39. The standard InChI is InChI=1S/C10H12FNO2/c1-14-9-5-3-2-4-8(9)10(13)12-7-6-11/h2-5H,6-7H2,1H3,(H,12,13). The average Bonchev–Trinajstić information content (AvgIpc) is 2.25. The first-order valence-electron chi connectivity index (χ1n) is 4.26. The predicted molar refractivity (Wildman–Crippen MR) is 51.3 cm³/mol. The van der Waals surface area contributed by atoms with Crippen LogP contribution in [-0.4, -0.2) is 26.2 Å². The monoisotopic (exact) mass is 197 g/mol. The van der Waals surface area contributed by atoms with E-state index < -0.39 is 6.67 Å². The fraction of sp³-hybridized carbons (Fsp3) is 0.300. The summed E-state index contributed by atoms with van der Waals surface area (Å²) < 4.78 is 16.8. The molecule has 0 saturated carbocycles. The molecule has 0 aliphatic rings.